The Morgan fingerprint density at radius 2 is 1.61 bits per heavy atom. The Morgan fingerprint density at radius 1 is 1.04 bits per heavy atom. The number of alkyl halides is 3. The van der Waals surface area contributed by atoms with Gasteiger partial charge in [-0.2, -0.15) is 13.2 Å². The number of oxazole rings is 1. The zero-order chi connectivity index (χ0) is 20.6. The van der Waals surface area contributed by atoms with Crippen LogP contribution >= 0.6 is 0 Å². The van der Waals surface area contributed by atoms with Gasteiger partial charge < -0.3 is 14.4 Å². The Hall–Kier alpha value is -2.96. The van der Waals surface area contributed by atoms with Crippen LogP contribution in [0.4, 0.5) is 18.9 Å². The van der Waals surface area contributed by atoms with E-state index in [1.807, 2.05) is 37.9 Å². The van der Waals surface area contributed by atoms with Crippen molar-refractivity contribution >= 4 is 5.69 Å². The third kappa shape index (κ3) is 3.98. The molecule has 2 aromatic carbocycles. The number of halogens is 3. The van der Waals surface area contributed by atoms with Crippen molar-refractivity contribution in [3.8, 4) is 17.2 Å². The number of phenolic OH excluding ortho intramolecular Hbond substituents is 1. The Labute approximate surface area is 161 Å². The van der Waals surface area contributed by atoms with Gasteiger partial charge in [0.2, 0.25) is 5.89 Å². The molecule has 0 saturated heterocycles. The van der Waals surface area contributed by atoms with Crippen LogP contribution < -0.4 is 4.90 Å². The minimum absolute atomic E-state index is 0.276. The molecule has 0 amide bonds. The fraction of sp³-hybridized carbons (Fsp3) is 0.286. The largest absolute Gasteiger partial charge is 0.507 e. The monoisotopic (exact) mass is 390 g/mol. The van der Waals surface area contributed by atoms with Gasteiger partial charge in [-0.3, -0.25) is 0 Å². The number of hydrogen-bond acceptors (Lipinski definition) is 4. The molecule has 0 atom stereocenters. The van der Waals surface area contributed by atoms with Crippen molar-refractivity contribution in [2.24, 2.45) is 0 Å². The number of nitrogens with zero attached hydrogens (tertiary/aromatic N) is 2. The van der Waals surface area contributed by atoms with E-state index in [0.29, 0.717) is 23.6 Å². The molecule has 0 bridgehead atoms. The third-order valence-electron chi connectivity index (χ3n) is 4.65. The molecular formula is C21H21F3N2O2. The number of phenols is 1. The maximum absolute atomic E-state index is 12.7. The molecule has 3 rings (SSSR count). The van der Waals surface area contributed by atoms with Crippen LogP contribution in [0.3, 0.4) is 0 Å². The lowest BCUT2D eigenvalue weighted by Crippen LogP contribution is -2.16. The summed E-state index contributed by atoms with van der Waals surface area (Å²) < 4.78 is 44.0. The predicted octanol–water partition coefficient (Wildman–Crippen LogP) is 5.63. The highest BCUT2D eigenvalue weighted by Gasteiger charge is 2.30. The summed E-state index contributed by atoms with van der Waals surface area (Å²) in [5.74, 6) is 1.19. The summed E-state index contributed by atoms with van der Waals surface area (Å²) in [5, 5.41) is 9.93. The second-order valence-corrected chi connectivity index (χ2v) is 6.89. The summed E-state index contributed by atoms with van der Waals surface area (Å²) in [6.07, 6.45) is -4.38. The van der Waals surface area contributed by atoms with Gasteiger partial charge in [0.25, 0.3) is 0 Å². The van der Waals surface area contributed by atoms with E-state index in [2.05, 4.69) is 4.98 Å². The molecule has 148 valence electrons. The molecular weight excluding hydrogens is 369 g/mol. The molecule has 0 unspecified atom stereocenters. The van der Waals surface area contributed by atoms with Crippen LogP contribution in [0.15, 0.2) is 40.8 Å². The predicted molar refractivity (Wildman–Crippen MR) is 101 cm³/mol. The van der Waals surface area contributed by atoms with Crippen molar-refractivity contribution in [3.63, 3.8) is 0 Å². The highest BCUT2D eigenvalue weighted by atomic mass is 19.4. The van der Waals surface area contributed by atoms with E-state index in [1.54, 1.807) is 6.92 Å². The summed E-state index contributed by atoms with van der Waals surface area (Å²) in [6.45, 7) is 5.90. The van der Waals surface area contributed by atoms with Crippen molar-refractivity contribution < 1.29 is 22.7 Å². The van der Waals surface area contributed by atoms with Gasteiger partial charge in [0.15, 0.2) is 0 Å². The highest BCUT2D eigenvalue weighted by Crippen LogP contribution is 2.32. The molecule has 1 N–H and O–H groups in total. The number of aromatic hydroxyl groups is 1. The van der Waals surface area contributed by atoms with Crippen molar-refractivity contribution in [3.05, 3.63) is 64.5 Å². The summed E-state index contributed by atoms with van der Waals surface area (Å²) in [6, 6.07) is 8.50. The van der Waals surface area contributed by atoms with Crippen molar-refractivity contribution in [2.75, 3.05) is 11.9 Å². The van der Waals surface area contributed by atoms with Crippen LogP contribution in [0.25, 0.3) is 11.5 Å². The molecule has 0 radical (unpaired) electrons. The standard InChI is InChI=1S/C21H21F3N2O2/c1-12-9-17(10-13(2)19(12)27)26(4)11-18-14(3)25-20(28-18)15-5-7-16(8-6-15)21(22,23)24/h5-10,27H,11H2,1-4H3. The zero-order valence-corrected chi connectivity index (χ0v) is 16.1. The lowest BCUT2D eigenvalue weighted by Gasteiger charge is -2.20. The molecule has 0 saturated carbocycles. The van der Waals surface area contributed by atoms with Crippen LogP contribution in [-0.4, -0.2) is 17.1 Å². The van der Waals surface area contributed by atoms with E-state index in [0.717, 1.165) is 28.9 Å². The Morgan fingerprint density at radius 3 is 2.14 bits per heavy atom. The maximum atomic E-state index is 12.7. The first-order chi connectivity index (χ1) is 13.1. The van der Waals surface area contributed by atoms with Crippen LogP contribution in [0.2, 0.25) is 0 Å². The molecule has 7 heteroatoms. The lowest BCUT2D eigenvalue weighted by atomic mass is 10.1. The summed E-state index contributed by atoms with van der Waals surface area (Å²) in [5.41, 5.74) is 2.93. The number of benzene rings is 2. The first-order valence-corrected chi connectivity index (χ1v) is 8.71. The molecule has 4 nitrogen and oxygen atoms in total. The van der Waals surface area contributed by atoms with Gasteiger partial charge >= 0.3 is 6.18 Å². The summed E-state index contributed by atoms with van der Waals surface area (Å²) in [4.78, 5) is 6.32. The molecule has 0 aliphatic rings. The topological polar surface area (TPSA) is 49.5 Å². The number of aromatic nitrogens is 1. The van der Waals surface area contributed by atoms with E-state index in [1.165, 1.54) is 12.1 Å². The quantitative estimate of drug-likeness (QED) is 0.627. The molecule has 0 fully saturated rings. The Balaban J connectivity index is 1.82. The van der Waals surface area contributed by atoms with Crippen LogP contribution in [-0.2, 0) is 12.7 Å². The van der Waals surface area contributed by atoms with Crippen LogP contribution in [0.5, 0.6) is 5.75 Å². The molecule has 0 aliphatic carbocycles. The molecule has 28 heavy (non-hydrogen) atoms. The average Bonchev–Trinajstić information content (AvgIpc) is 2.99. The minimum Gasteiger partial charge on any atom is -0.507 e. The maximum Gasteiger partial charge on any atom is 0.416 e. The third-order valence-corrected chi connectivity index (χ3v) is 4.65. The summed E-state index contributed by atoms with van der Waals surface area (Å²) >= 11 is 0. The first-order valence-electron chi connectivity index (χ1n) is 8.71. The lowest BCUT2D eigenvalue weighted by molar-refractivity contribution is -0.137. The molecule has 3 aromatic rings. The van der Waals surface area contributed by atoms with Crippen molar-refractivity contribution in [1.29, 1.82) is 0 Å². The van der Waals surface area contributed by atoms with Gasteiger partial charge in [-0.1, -0.05) is 0 Å². The molecule has 1 aromatic heterocycles. The van der Waals surface area contributed by atoms with E-state index in [9.17, 15) is 18.3 Å². The average molecular weight is 390 g/mol. The molecule has 0 spiro atoms. The van der Waals surface area contributed by atoms with Crippen molar-refractivity contribution in [1.82, 2.24) is 4.98 Å². The van der Waals surface area contributed by atoms with E-state index >= 15 is 0 Å². The van der Waals surface area contributed by atoms with Crippen LogP contribution in [0.1, 0.15) is 28.1 Å². The number of anilines is 1. The van der Waals surface area contributed by atoms with Crippen LogP contribution in [0, 0.1) is 20.8 Å². The SMILES string of the molecule is Cc1cc(N(C)Cc2oc(-c3ccc(C(F)(F)F)cc3)nc2C)cc(C)c1O. The smallest absolute Gasteiger partial charge is 0.416 e. The second kappa shape index (κ2) is 7.22. The zero-order valence-electron chi connectivity index (χ0n) is 16.1. The fourth-order valence-corrected chi connectivity index (χ4v) is 2.96. The molecule has 1 heterocycles. The number of aryl methyl sites for hydroxylation is 3. The van der Waals surface area contributed by atoms with Gasteiger partial charge in [-0.05, 0) is 68.3 Å². The van der Waals surface area contributed by atoms with Gasteiger partial charge in [-0.25, -0.2) is 4.98 Å². The minimum atomic E-state index is -4.38. The van der Waals surface area contributed by atoms with Crippen molar-refractivity contribution in [2.45, 2.75) is 33.5 Å². The Kier molecular flexibility index (Phi) is 5.10. The van der Waals surface area contributed by atoms with Gasteiger partial charge in [0, 0.05) is 18.3 Å². The van der Waals surface area contributed by atoms with Gasteiger partial charge in [0.05, 0.1) is 17.8 Å². The molecule has 0 aliphatic heterocycles. The first kappa shape index (κ1) is 19.8. The van der Waals surface area contributed by atoms with E-state index < -0.39 is 11.7 Å². The number of rotatable bonds is 4. The normalized spacial score (nSPS) is 11.7. The second-order valence-electron chi connectivity index (χ2n) is 6.89. The Bertz CT molecular complexity index is 969. The van der Waals surface area contributed by atoms with Gasteiger partial charge in [-0.15, -0.1) is 0 Å². The summed E-state index contributed by atoms with van der Waals surface area (Å²) in [7, 11) is 1.89. The highest BCUT2D eigenvalue weighted by molar-refractivity contribution is 5.57. The van der Waals surface area contributed by atoms with Gasteiger partial charge in [0.1, 0.15) is 11.5 Å². The van der Waals surface area contributed by atoms with E-state index in [-0.39, 0.29) is 11.6 Å². The number of hydrogen-bond donors (Lipinski definition) is 1. The van der Waals surface area contributed by atoms with E-state index in [4.69, 9.17) is 4.42 Å². The fourth-order valence-electron chi connectivity index (χ4n) is 2.96.